The minimum Gasteiger partial charge on any atom is -0.396 e. The van der Waals surface area contributed by atoms with Crippen LogP contribution < -0.4 is 0 Å². The van der Waals surface area contributed by atoms with Gasteiger partial charge >= 0.3 is 0 Å². The summed E-state index contributed by atoms with van der Waals surface area (Å²) in [7, 11) is 0. The molecule has 2 aliphatic rings. The van der Waals surface area contributed by atoms with E-state index in [4.69, 9.17) is 5.11 Å². The highest BCUT2D eigenvalue weighted by Gasteiger charge is 2.62. The van der Waals surface area contributed by atoms with Crippen molar-refractivity contribution < 1.29 is 24.1 Å². The monoisotopic (exact) mass is 293 g/mol. The molecule has 1 aliphatic heterocycles. The maximum Gasteiger partial charge on any atom is 0.245 e. The van der Waals surface area contributed by atoms with Gasteiger partial charge in [0.15, 0.2) is 0 Å². The van der Waals surface area contributed by atoms with Crippen molar-refractivity contribution in [3.63, 3.8) is 0 Å². The number of alkyl halides is 2. The average Bonchev–Trinajstić information content (AvgIpc) is 3.16. The number of rotatable bonds is 7. The van der Waals surface area contributed by atoms with E-state index in [1.54, 1.807) is 0 Å². The third kappa shape index (κ3) is 3.13. The summed E-state index contributed by atoms with van der Waals surface area (Å²) >= 11 is 0. The van der Waals surface area contributed by atoms with Crippen molar-refractivity contribution in [1.82, 2.24) is 4.90 Å². The number of nitrogens with zero attached hydrogens (tertiary/aromatic N) is 1. The largest absolute Gasteiger partial charge is 0.396 e. The standard InChI is InChI=1S/C14H25F2NO3/c15-13(16)11-12(20)10(19)9-17(14(11)5-6-14)7-3-1-2-4-8-18/h10-13,18-20H,1-9H2. The zero-order valence-electron chi connectivity index (χ0n) is 11.7. The van der Waals surface area contributed by atoms with Crippen molar-refractivity contribution in [3.05, 3.63) is 0 Å². The Balaban J connectivity index is 1.92. The molecule has 0 aromatic carbocycles. The Labute approximate surface area is 118 Å². The molecule has 0 amide bonds. The van der Waals surface area contributed by atoms with E-state index in [2.05, 4.69) is 0 Å². The topological polar surface area (TPSA) is 63.9 Å². The Hall–Kier alpha value is -0.300. The molecule has 3 unspecified atom stereocenters. The van der Waals surface area contributed by atoms with Crippen LogP contribution in [-0.4, -0.2) is 64.1 Å². The lowest BCUT2D eigenvalue weighted by Gasteiger charge is -2.46. The molecule has 20 heavy (non-hydrogen) atoms. The second kappa shape index (κ2) is 6.64. The molecule has 2 fully saturated rings. The number of hydrogen-bond donors (Lipinski definition) is 3. The normalized spacial score (nSPS) is 33.0. The van der Waals surface area contributed by atoms with Crippen LogP contribution in [0.2, 0.25) is 0 Å². The smallest absolute Gasteiger partial charge is 0.245 e. The van der Waals surface area contributed by atoms with Crippen molar-refractivity contribution in [3.8, 4) is 0 Å². The summed E-state index contributed by atoms with van der Waals surface area (Å²) in [5.41, 5.74) is -0.593. The molecule has 0 radical (unpaired) electrons. The maximum absolute atomic E-state index is 13.2. The predicted molar refractivity (Wildman–Crippen MR) is 70.6 cm³/mol. The van der Waals surface area contributed by atoms with Gasteiger partial charge in [0, 0.05) is 18.7 Å². The van der Waals surface area contributed by atoms with Crippen LogP contribution in [-0.2, 0) is 0 Å². The van der Waals surface area contributed by atoms with Gasteiger partial charge in [0.05, 0.1) is 18.1 Å². The quantitative estimate of drug-likeness (QED) is 0.613. The zero-order chi connectivity index (χ0) is 14.8. The van der Waals surface area contributed by atoms with Crippen molar-refractivity contribution >= 4 is 0 Å². The van der Waals surface area contributed by atoms with E-state index < -0.39 is 30.1 Å². The van der Waals surface area contributed by atoms with Crippen LogP contribution in [0.25, 0.3) is 0 Å². The van der Waals surface area contributed by atoms with Crippen molar-refractivity contribution in [2.24, 2.45) is 5.92 Å². The summed E-state index contributed by atoms with van der Waals surface area (Å²) in [4.78, 5) is 1.96. The van der Waals surface area contributed by atoms with Crippen LogP contribution in [0.15, 0.2) is 0 Å². The first-order valence-electron chi connectivity index (χ1n) is 7.53. The molecule has 1 spiro atoms. The molecular formula is C14H25F2NO3. The first-order chi connectivity index (χ1) is 9.53. The second-order valence-electron chi connectivity index (χ2n) is 6.11. The van der Waals surface area contributed by atoms with Crippen molar-refractivity contribution in [1.29, 1.82) is 0 Å². The van der Waals surface area contributed by atoms with Gasteiger partial charge in [-0.15, -0.1) is 0 Å². The first-order valence-corrected chi connectivity index (χ1v) is 7.53. The summed E-state index contributed by atoms with van der Waals surface area (Å²) in [6.45, 7) is 1.15. The van der Waals surface area contributed by atoms with E-state index >= 15 is 0 Å². The van der Waals surface area contributed by atoms with Gasteiger partial charge in [-0.1, -0.05) is 12.8 Å². The number of β-amino-alcohol motifs (C(OH)–C–C–N with tert-alkyl or cyclic N) is 1. The van der Waals surface area contributed by atoms with E-state index in [0.717, 1.165) is 25.7 Å². The molecule has 0 aromatic rings. The van der Waals surface area contributed by atoms with Crippen LogP contribution in [0.4, 0.5) is 8.78 Å². The Morgan fingerprint density at radius 3 is 2.30 bits per heavy atom. The Morgan fingerprint density at radius 1 is 1.10 bits per heavy atom. The molecule has 1 aliphatic carbocycles. The predicted octanol–water partition coefficient (Wildman–Crippen LogP) is 0.990. The molecule has 1 heterocycles. The number of hydrogen-bond acceptors (Lipinski definition) is 4. The molecular weight excluding hydrogens is 268 g/mol. The van der Waals surface area contributed by atoms with E-state index in [0.29, 0.717) is 19.4 Å². The molecule has 118 valence electrons. The number of aliphatic hydroxyl groups is 3. The molecule has 1 saturated carbocycles. The Morgan fingerprint density at radius 2 is 1.75 bits per heavy atom. The molecule has 6 heteroatoms. The summed E-state index contributed by atoms with van der Waals surface area (Å²) < 4.78 is 26.4. The molecule has 4 nitrogen and oxygen atoms in total. The van der Waals surface area contributed by atoms with Crippen LogP contribution in [0.1, 0.15) is 38.5 Å². The third-order valence-corrected chi connectivity index (χ3v) is 4.79. The Kier molecular flexibility index (Phi) is 5.34. The highest BCUT2D eigenvalue weighted by Crippen LogP contribution is 2.54. The molecule has 1 saturated heterocycles. The van der Waals surface area contributed by atoms with Crippen LogP contribution in [0.3, 0.4) is 0 Å². The lowest BCUT2D eigenvalue weighted by molar-refractivity contribution is -0.151. The maximum atomic E-state index is 13.2. The van der Waals surface area contributed by atoms with Crippen molar-refractivity contribution in [2.45, 2.75) is 62.7 Å². The lowest BCUT2D eigenvalue weighted by atomic mass is 9.82. The molecule has 3 N–H and O–H groups in total. The van der Waals surface area contributed by atoms with Crippen LogP contribution in [0, 0.1) is 5.92 Å². The van der Waals surface area contributed by atoms with Crippen LogP contribution >= 0.6 is 0 Å². The molecule has 0 bridgehead atoms. The van der Waals surface area contributed by atoms with Gasteiger partial charge in [-0.25, -0.2) is 8.78 Å². The Bertz CT molecular complexity index is 313. The summed E-state index contributed by atoms with van der Waals surface area (Å²) in [6.07, 6.45) is -0.108. The average molecular weight is 293 g/mol. The third-order valence-electron chi connectivity index (χ3n) is 4.79. The second-order valence-corrected chi connectivity index (χ2v) is 6.11. The van der Waals surface area contributed by atoms with Gasteiger partial charge in [-0.05, 0) is 32.2 Å². The van der Waals surface area contributed by atoms with Gasteiger partial charge < -0.3 is 15.3 Å². The van der Waals surface area contributed by atoms with Gasteiger partial charge in [0.1, 0.15) is 0 Å². The number of unbranched alkanes of at least 4 members (excludes halogenated alkanes) is 3. The number of halogens is 2. The molecule has 2 rings (SSSR count). The molecule has 3 atom stereocenters. The summed E-state index contributed by atoms with van der Waals surface area (Å²) in [5.74, 6) is -1.14. The van der Waals surface area contributed by atoms with Crippen molar-refractivity contribution in [2.75, 3.05) is 19.7 Å². The SMILES string of the molecule is OCCCCCCN1CC(O)C(O)C(C(F)F)C12CC2. The number of piperidine rings is 1. The zero-order valence-corrected chi connectivity index (χ0v) is 11.7. The minimum absolute atomic E-state index is 0.187. The fourth-order valence-electron chi connectivity index (χ4n) is 3.53. The van der Waals surface area contributed by atoms with E-state index in [1.807, 2.05) is 4.90 Å². The van der Waals surface area contributed by atoms with Gasteiger partial charge in [-0.3, -0.25) is 4.90 Å². The van der Waals surface area contributed by atoms with E-state index in [-0.39, 0.29) is 13.2 Å². The van der Waals surface area contributed by atoms with Crippen LogP contribution in [0.5, 0.6) is 0 Å². The number of likely N-dealkylation sites (tertiary alicyclic amines) is 1. The van der Waals surface area contributed by atoms with E-state index in [9.17, 15) is 19.0 Å². The van der Waals surface area contributed by atoms with Gasteiger partial charge in [-0.2, -0.15) is 0 Å². The van der Waals surface area contributed by atoms with Gasteiger partial charge in [0.25, 0.3) is 0 Å². The fourth-order valence-corrected chi connectivity index (χ4v) is 3.53. The van der Waals surface area contributed by atoms with Gasteiger partial charge in [0.2, 0.25) is 6.43 Å². The highest BCUT2D eigenvalue weighted by molar-refractivity contribution is 5.15. The molecule has 0 aromatic heterocycles. The summed E-state index contributed by atoms with van der Waals surface area (Å²) in [5, 5.41) is 28.4. The minimum atomic E-state index is -2.60. The fraction of sp³-hybridized carbons (Fsp3) is 1.00. The van der Waals surface area contributed by atoms with E-state index in [1.165, 1.54) is 0 Å². The summed E-state index contributed by atoms with van der Waals surface area (Å²) in [6, 6.07) is 0. The highest BCUT2D eigenvalue weighted by atomic mass is 19.3. The lowest BCUT2D eigenvalue weighted by Crippen LogP contribution is -2.62. The number of aliphatic hydroxyl groups excluding tert-OH is 3. The first kappa shape index (κ1) is 16.1.